The topological polar surface area (TPSA) is 35.5 Å². The molecule has 0 bridgehead atoms. The Hall–Kier alpha value is -0.830. The molecule has 0 aliphatic rings. The van der Waals surface area contributed by atoms with Crippen molar-refractivity contribution in [2.75, 3.05) is 6.61 Å². The number of hydrogen-bond donors (Lipinski definition) is 0. The zero-order valence-electron chi connectivity index (χ0n) is 6.22. The highest BCUT2D eigenvalue weighted by Gasteiger charge is 2.06. The quantitative estimate of drug-likeness (QED) is 0.439. The fourth-order valence-electron chi connectivity index (χ4n) is 0.416. The minimum Gasteiger partial charge on any atom is -0.423 e. The van der Waals surface area contributed by atoms with Crippen LogP contribution in [0, 0.1) is 6.29 Å². The fraction of sp³-hybridized carbons (Fsp3) is 0.429. The first-order valence-electron chi connectivity index (χ1n) is 3.01. The molecule has 0 unspecified atom stereocenters. The largest absolute Gasteiger partial charge is 0.423 e. The molecule has 3 nitrogen and oxygen atoms in total. The standard InChI is InChI=1S/C7H11O3/c1-4-7(8)10-6(3)9-5-2/h4H,1,5H2,2-3H3. The third kappa shape index (κ3) is 4.09. The van der Waals surface area contributed by atoms with E-state index in [1.807, 2.05) is 6.92 Å². The maximum Gasteiger partial charge on any atom is 0.332 e. The predicted molar refractivity (Wildman–Crippen MR) is 36.8 cm³/mol. The summed E-state index contributed by atoms with van der Waals surface area (Å²) in [6, 6.07) is 0. The number of rotatable bonds is 4. The molecule has 0 heterocycles. The second-order valence-electron chi connectivity index (χ2n) is 1.55. The summed E-state index contributed by atoms with van der Waals surface area (Å²) in [4.78, 5) is 10.5. The van der Waals surface area contributed by atoms with E-state index in [1.54, 1.807) is 6.92 Å². The fourth-order valence-corrected chi connectivity index (χ4v) is 0.416. The lowest BCUT2D eigenvalue weighted by Crippen LogP contribution is -2.08. The van der Waals surface area contributed by atoms with Gasteiger partial charge in [0.15, 0.2) is 0 Å². The molecule has 0 saturated carbocycles. The Morgan fingerprint density at radius 3 is 2.70 bits per heavy atom. The molecule has 0 rings (SSSR count). The molecule has 0 aromatic heterocycles. The predicted octanol–water partition coefficient (Wildman–Crippen LogP) is 1.26. The third-order valence-corrected chi connectivity index (χ3v) is 0.759. The van der Waals surface area contributed by atoms with E-state index in [0.29, 0.717) is 6.61 Å². The van der Waals surface area contributed by atoms with Crippen LogP contribution >= 0.6 is 0 Å². The minimum atomic E-state index is -0.494. The molecule has 0 spiro atoms. The van der Waals surface area contributed by atoms with Crippen LogP contribution in [0.1, 0.15) is 13.8 Å². The number of esters is 1. The zero-order chi connectivity index (χ0) is 7.98. The van der Waals surface area contributed by atoms with E-state index in [1.165, 1.54) is 0 Å². The molecule has 0 fully saturated rings. The monoisotopic (exact) mass is 143 g/mol. The molecule has 0 aliphatic carbocycles. The average molecular weight is 143 g/mol. The lowest BCUT2D eigenvalue weighted by molar-refractivity contribution is -0.146. The summed E-state index contributed by atoms with van der Waals surface area (Å²) < 4.78 is 9.42. The van der Waals surface area contributed by atoms with Gasteiger partial charge in [-0.05, 0) is 6.92 Å². The van der Waals surface area contributed by atoms with E-state index in [0.717, 1.165) is 6.08 Å². The van der Waals surface area contributed by atoms with E-state index in [9.17, 15) is 4.79 Å². The van der Waals surface area contributed by atoms with Gasteiger partial charge >= 0.3 is 5.97 Å². The van der Waals surface area contributed by atoms with Gasteiger partial charge < -0.3 is 9.47 Å². The molecule has 0 saturated heterocycles. The molecule has 57 valence electrons. The van der Waals surface area contributed by atoms with Crippen molar-refractivity contribution in [2.45, 2.75) is 13.8 Å². The molecule has 0 atom stereocenters. The Balaban J connectivity index is 3.46. The van der Waals surface area contributed by atoms with Crippen LogP contribution in [0.3, 0.4) is 0 Å². The van der Waals surface area contributed by atoms with Crippen LogP contribution in [0.5, 0.6) is 0 Å². The van der Waals surface area contributed by atoms with Crippen molar-refractivity contribution in [1.82, 2.24) is 0 Å². The van der Waals surface area contributed by atoms with E-state index >= 15 is 0 Å². The van der Waals surface area contributed by atoms with Crippen LogP contribution in [-0.2, 0) is 14.3 Å². The van der Waals surface area contributed by atoms with Gasteiger partial charge in [0.1, 0.15) is 0 Å². The molecule has 0 amide bonds. The SMILES string of the molecule is C=CC(=O)O[C](C)OCC. The van der Waals surface area contributed by atoms with Crippen LogP contribution < -0.4 is 0 Å². The van der Waals surface area contributed by atoms with Crippen molar-refractivity contribution < 1.29 is 14.3 Å². The van der Waals surface area contributed by atoms with Crippen molar-refractivity contribution in [2.24, 2.45) is 0 Å². The summed E-state index contributed by atoms with van der Waals surface area (Å²) >= 11 is 0. The van der Waals surface area contributed by atoms with Crippen LogP contribution in [0.15, 0.2) is 12.7 Å². The van der Waals surface area contributed by atoms with E-state index < -0.39 is 5.97 Å². The van der Waals surface area contributed by atoms with Crippen LogP contribution in [0.4, 0.5) is 0 Å². The second-order valence-corrected chi connectivity index (χ2v) is 1.55. The van der Waals surface area contributed by atoms with Crippen molar-refractivity contribution in [3.05, 3.63) is 18.9 Å². The summed E-state index contributed by atoms with van der Waals surface area (Å²) in [5.74, 6) is -0.494. The van der Waals surface area contributed by atoms with Gasteiger partial charge in [0.25, 0.3) is 6.29 Å². The van der Waals surface area contributed by atoms with E-state index in [-0.39, 0.29) is 6.29 Å². The maximum atomic E-state index is 10.5. The summed E-state index contributed by atoms with van der Waals surface area (Å²) in [5.41, 5.74) is 0. The van der Waals surface area contributed by atoms with Crippen molar-refractivity contribution >= 4 is 5.97 Å². The van der Waals surface area contributed by atoms with Crippen molar-refractivity contribution in [3.63, 3.8) is 0 Å². The Morgan fingerprint density at radius 1 is 1.70 bits per heavy atom. The molecule has 10 heavy (non-hydrogen) atoms. The number of hydrogen-bond acceptors (Lipinski definition) is 3. The normalized spacial score (nSPS) is 9.50. The summed E-state index contributed by atoms with van der Waals surface area (Å²) in [6.07, 6.45) is 1.34. The smallest absolute Gasteiger partial charge is 0.332 e. The first kappa shape index (κ1) is 9.17. The lowest BCUT2D eigenvalue weighted by Gasteiger charge is -2.07. The van der Waals surface area contributed by atoms with Gasteiger partial charge in [0.05, 0.1) is 0 Å². The molecule has 1 radical (unpaired) electrons. The van der Waals surface area contributed by atoms with Crippen molar-refractivity contribution in [3.8, 4) is 0 Å². The molecular formula is C7H11O3. The molecule has 3 heteroatoms. The van der Waals surface area contributed by atoms with Gasteiger partial charge in [-0.15, -0.1) is 0 Å². The van der Waals surface area contributed by atoms with Crippen LogP contribution in [-0.4, -0.2) is 12.6 Å². The Morgan fingerprint density at radius 2 is 2.30 bits per heavy atom. The Bertz CT molecular complexity index is 120. The average Bonchev–Trinajstić information content (AvgIpc) is 1.88. The highest BCUT2D eigenvalue weighted by molar-refractivity contribution is 5.81. The van der Waals surface area contributed by atoms with Gasteiger partial charge in [0, 0.05) is 19.6 Å². The summed E-state index contributed by atoms with van der Waals surface area (Å²) in [6.45, 7) is 7.11. The zero-order valence-corrected chi connectivity index (χ0v) is 6.22. The third-order valence-electron chi connectivity index (χ3n) is 0.759. The number of ether oxygens (including phenoxy) is 2. The van der Waals surface area contributed by atoms with E-state index in [2.05, 4.69) is 11.3 Å². The summed E-state index contributed by atoms with van der Waals surface area (Å²) in [5, 5.41) is 0. The molecule has 0 aromatic rings. The van der Waals surface area contributed by atoms with Crippen molar-refractivity contribution in [1.29, 1.82) is 0 Å². The molecule has 0 aliphatic heterocycles. The highest BCUT2D eigenvalue weighted by atomic mass is 16.7. The van der Waals surface area contributed by atoms with Gasteiger partial charge in [-0.1, -0.05) is 6.58 Å². The van der Waals surface area contributed by atoms with Gasteiger partial charge in [-0.2, -0.15) is 0 Å². The highest BCUT2D eigenvalue weighted by Crippen LogP contribution is 2.02. The van der Waals surface area contributed by atoms with Crippen LogP contribution in [0.25, 0.3) is 0 Å². The number of carbonyl (C=O) groups is 1. The van der Waals surface area contributed by atoms with E-state index in [4.69, 9.17) is 4.74 Å². The first-order valence-corrected chi connectivity index (χ1v) is 3.01. The Kier molecular flexibility index (Phi) is 4.58. The minimum absolute atomic E-state index is 0.257. The first-order chi connectivity index (χ1) is 4.70. The molecule has 0 aromatic carbocycles. The van der Waals surface area contributed by atoms with Crippen LogP contribution in [0.2, 0.25) is 0 Å². The summed E-state index contributed by atoms with van der Waals surface area (Å²) in [7, 11) is 0. The second kappa shape index (κ2) is 4.99. The molecule has 0 N–H and O–H groups in total. The number of carbonyl (C=O) groups excluding carboxylic acids is 1. The Labute approximate surface area is 60.6 Å². The maximum absolute atomic E-state index is 10.5. The lowest BCUT2D eigenvalue weighted by atomic mass is 10.6. The van der Waals surface area contributed by atoms with Gasteiger partial charge in [-0.3, -0.25) is 0 Å². The van der Waals surface area contributed by atoms with Gasteiger partial charge in [-0.25, -0.2) is 4.79 Å². The molecular weight excluding hydrogens is 132 g/mol. The van der Waals surface area contributed by atoms with Gasteiger partial charge in [0.2, 0.25) is 0 Å².